The molecule has 1 heterocycles. The minimum atomic E-state index is -3.02. The topological polar surface area (TPSA) is 90.3 Å². The first-order valence-electron chi connectivity index (χ1n) is 7.65. The zero-order valence-electron chi connectivity index (χ0n) is 14.0. The molecular formula is C17H21N3O3S. The molecule has 1 atom stereocenters. The number of carbonyl (C=O) groups excluding carboxylic acids is 1. The van der Waals surface area contributed by atoms with Gasteiger partial charge in [0.15, 0.2) is 9.84 Å². The van der Waals surface area contributed by atoms with Crippen LogP contribution in [-0.2, 0) is 14.6 Å². The van der Waals surface area contributed by atoms with Crippen LogP contribution in [0.4, 0.5) is 5.69 Å². The lowest BCUT2D eigenvalue weighted by molar-refractivity contribution is -0.112. The van der Waals surface area contributed by atoms with Gasteiger partial charge in [-0.25, -0.2) is 8.42 Å². The van der Waals surface area contributed by atoms with Gasteiger partial charge >= 0.3 is 0 Å². The van der Waals surface area contributed by atoms with Gasteiger partial charge in [0.25, 0.3) is 5.91 Å². The second-order valence-corrected chi connectivity index (χ2v) is 8.31. The Labute approximate surface area is 142 Å². The lowest BCUT2D eigenvalue weighted by atomic mass is 10.1. The van der Waals surface area contributed by atoms with Gasteiger partial charge in [-0.1, -0.05) is 12.1 Å². The van der Waals surface area contributed by atoms with Crippen molar-refractivity contribution in [3.05, 3.63) is 41.1 Å². The molecule has 1 saturated heterocycles. The summed E-state index contributed by atoms with van der Waals surface area (Å²) in [5.41, 5.74) is 2.59. The number of nitriles is 1. The Morgan fingerprint density at radius 1 is 1.42 bits per heavy atom. The lowest BCUT2D eigenvalue weighted by Gasteiger charge is -2.21. The molecule has 1 N–H and O–H groups in total. The molecule has 1 aromatic rings. The smallest absolute Gasteiger partial charge is 0.267 e. The first-order chi connectivity index (χ1) is 11.2. The molecule has 1 amide bonds. The number of sulfone groups is 1. The van der Waals surface area contributed by atoms with Crippen molar-refractivity contribution in [2.75, 3.05) is 23.9 Å². The van der Waals surface area contributed by atoms with Crippen molar-refractivity contribution in [2.45, 2.75) is 26.3 Å². The van der Waals surface area contributed by atoms with Crippen LogP contribution in [0.5, 0.6) is 0 Å². The predicted molar refractivity (Wildman–Crippen MR) is 93.1 cm³/mol. The van der Waals surface area contributed by atoms with Crippen LogP contribution >= 0.6 is 0 Å². The molecule has 1 aliphatic rings. The van der Waals surface area contributed by atoms with Crippen molar-refractivity contribution in [1.82, 2.24) is 4.90 Å². The van der Waals surface area contributed by atoms with Crippen LogP contribution in [0.3, 0.4) is 0 Å². The molecule has 2 rings (SSSR count). The van der Waals surface area contributed by atoms with Crippen molar-refractivity contribution in [3.8, 4) is 6.07 Å². The van der Waals surface area contributed by atoms with E-state index in [1.54, 1.807) is 18.0 Å². The molecule has 128 valence electrons. The van der Waals surface area contributed by atoms with Crippen LogP contribution in [-0.4, -0.2) is 43.8 Å². The summed E-state index contributed by atoms with van der Waals surface area (Å²) in [6.07, 6.45) is 1.93. The molecule has 7 heteroatoms. The third-order valence-electron chi connectivity index (χ3n) is 4.34. The summed E-state index contributed by atoms with van der Waals surface area (Å²) in [5, 5.41) is 12.0. The van der Waals surface area contributed by atoms with E-state index in [4.69, 9.17) is 0 Å². The number of hydrogen-bond donors (Lipinski definition) is 1. The largest absolute Gasteiger partial charge is 0.375 e. The maximum Gasteiger partial charge on any atom is 0.267 e. The number of benzene rings is 1. The zero-order chi connectivity index (χ0) is 17.9. The van der Waals surface area contributed by atoms with Gasteiger partial charge in [-0.15, -0.1) is 0 Å². The van der Waals surface area contributed by atoms with Crippen molar-refractivity contribution < 1.29 is 13.2 Å². The molecule has 1 fully saturated rings. The van der Waals surface area contributed by atoms with E-state index in [0.29, 0.717) is 12.1 Å². The fraction of sp³-hybridized carbons (Fsp3) is 0.412. The summed E-state index contributed by atoms with van der Waals surface area (Å²) in [4.78, 5) is 14.0. The van der Waals surface area contributed by atoms with Gasteiger partial charge in [-0.05, 0) is 37.5 Å². The van der Waals surface area contributed by atoms with Crippen molar-refractivity contribution >= 4 is 21.4 Å². The summed E-state index contributed by atoms with van der Waals surface area (Å²) in [7, 11) is -1.33. The highest BCUT2D eigenvalue weighted by molar-refractivity contribution is 7.91. The van der Waals surface area contributed by atoms with Crippen LogP contribution in [0.25, 0.3) is 0 Å². The van der Waals surface area contributed by atoms with E-state index in [1.165, 1.54) is 6.20 Å². The fourth-order valence-corrected chi connectivity index (χ4v) is 4.41. The molecule has 1 aliphatic heterocycles. The second kappa shape index (κ2) is 7.05. The molecule has 0 aliphatic carbocycles. The van der Waals surface area contributed by atoms with Gasteiger partial charge in [-0.3, -0.25) is 4.79 Å². The summed E-state index contributed by atoms with van der Waals surface area (Å²) >= 11 is 0. The average molecular weight is 347 g/mol. The molecule has 0 bridgehead atoms. The zero-order valence-corrected chi connectivity index (χ0v) is 14.9. The molecule has 24 heavy (non-hydrogen) atoms. The number of nitrogens with one attached hydrogen (secondary N) is 1. The highest BCUT2D eigenvalue weighted by Crippen LogP contribution is 2.20. The summed E-state index contributed by atoms with van der Waals surface area (Å²) in [5.74, 6) is -0.303. The van der Waals surface area contributed by atoms with E-state index < -0.39 is 15.7 Å². The molecule has 6 nitrogen and oxygen atoms in total. The first-order valence-corrected chi connectivity index (χ1v) is 9.47. The predicted octanol–water partition coefficient (Wildman–Crippen LogP) is 1.77. The number of carbonyl (C=O) groups is 1. The molecular weight excluding hydrogens is 326 g/mol. The Balaban J connectivity index is 2.14. The number of nitrogens with zero attached hydrogens (tertiary/aromatic N) is 2. The van der Waals surface area contributed by atoms with E-state index in [-0.39, 0.29) is 23.1 Å². The fourth-order valence-electron chi connectivity index (χ4n) is 2.62. The number of hydrogen-bond acceptors (Lipinski definition) is 5. The van der Waals surface area contributed by atoms with Crippen LogP contribution in [0.15, 0.2) is 30.0 Å². The third kappa shape index (κ3) is 4.15. The lowest BCUT2D eigenvalue weighted by Crippen LogP contribution is -2.29. The average Bonchev–Trinajstić information content (AvgIpc) is 2.89. The Kier molecular flexibility index (Phi) is 5.30. The Hall–Kier alpha value is -2.33. The Morgan fingerprint density at radius 2 is 2.12 bits per heavy atom. The third-order valence-corrected chi connectivity index (χ3v) is 6.09. The van der Waals surface area contributed by atoms with Crippen LogP contribution < -0.4 is 5.32 Å². The van der Waals surface area contributed by atoms with Crippen molar-refractivity contribution in [3.63, 3.8) is 0 Å². The van der Waals surface area contributed by atoms with Gasteiger partial charge in [0.2, 0.25) is 0 Å². The van der Waals surface area contributed by atoms with Gasteiger partial charge in [0.05, 0.1) is 11.5 Å². The van der Waals surface area contributed by atoms with Gasteiger partial charge < -0.3 is 10.2 Å². The van der Waals surface area contributed by atoms with E-state index in [1.807, 2.05) is 32.0 Å². The molecule has 0 spiro atoms. The summed E-state index contributed by atoms with van der Waals surface area (Å²) in [6, 6.07) is 7.25. The van der Waals surface area contributed by atoms with E-state index in [2.05, 4.69) is 5.32 Å². The highest BCUT2D eigenvalue weighted by atomic mass is 32.2. The van der Waals surface area contributed by atoms with E-state index in [0.717, 1.165) is 11.1 Å². The summed E-state index contributed by atoms with van der Waals surface area (Å²) in [6.45, 7) is 3.84. The normalized spacial score (nSPS) is 19.6. The van der Waals surface area contributed by atoms with E-state index >= 15 is 0 Å². The van der Waals surface area contributed by atoms with Gasteiger partial charge in [0.1, 0.15) is 11.6 Å². The van der Waals surface area contributed by atoms with E-state index in [9.17, 15) is 18.5 Å². The first kappa shape index (κ1) is 18.0. The number of aryl methyl sites for hydroxylation is 1. The quantitative estimate of drug-likeness (QED) is 0.662. The van der Waals surface area contributed by atoms with Crippen LogP contribution in [0.1, 0.15) is 17.5 Å². The minimum Gasteiger partial charge on any atom is -0.375 e. The maximum absolute atomic E-state index is 12.3. The molecule has 0 aromatic heterocycles. The van der Waals surface area contributed by atoms with Crippen molar-refractivity contribution in [1.29, 1.82) is 5.26 Å². The number of amides is 1. The summed E-state index contributed by atoms with van der Waals surface area (Å²) < 4.78 is 23.1. The standard InChI is InChI=1S/C17H21N3O3S/c1-12-5-4-6-16(13(12)2)19-17(21)14(9-18)10-20(3)15-7-8-24(22,23)11-15/h4-6,10,15H,7-8,11H2,1-3H3,(H,19,21)/b14-10-. The second-order valence-electron chi connectivity index (χ2n) is 6.08. The molecule has 1 aromatic carbocycles. The number of anilines is 1. The van der Waals surface area contributed by atoms with Gasteiger partial charge in [0, 0.05) is 25.0 Å². The molecule has 0 saturated carbocycles. The molecule has 0 radical (unpaired) electrons. The number of rotatable bonds is 4. The maximum atomic E-state index is 12.3. The monoisotopic (exact) mass is 347 g/mol. The van der Waals surface area contributed by atoms with Crippen LogP contribution in [0.2, 0.25) is 0 Å². The van der Waals surface area contributed by atoms with Crippen LogP contribution in [0, 0.1) is 25.2 Å². The minimum absolute atomic E-state index is 0.0529. The SMILES string of the molecule is Cc1cccc(NC(=O)/C(C#N)=C\N(C)C2CCS(=O)(=O)C2)c1C. The van der Waals surface area contributed by atoms with Crippen molar-refractivity contribution in [2.24, 2.45) is 0 Å². The molecule has 1 unspecified atom stereocenters. The Bertz CT molecular complexity index is 822. The highest BCUT2D eigenvalue weighted by Gasteiger charge is 2.30. The van der Waals surface area contributed by atoms with Gasteiger partial charge in [-0.2, -0.15) is 5.26 Å². The Morgan fingerprint density at radius 3 is 2.71 bits per heavy atom.